The Morgan fingerprint density at radius 1 is 1.06 bits per heavy atom. The van der Waals surface area contributed by atoms with Crippen LogP contribution >= 0.6 is 0 Å². The van der Waals surface area contributed by atoms with Crippen molar-refractivity contribution in [2.24, 2.45) is 0 Å². The number of nitrogens with one attached hydrogen (secondary N) is 1. The monoisotopic (exact) mass is 472 g/mol. The maximum atomic E-state index is 12.9. The molecule has 0 saturated heterocycles. The number of para-hydroxylation sites is 2. The number of hydrogen-bond donors (Lipinski definition) is 1. The van der Waals surface area contributed by atoms with Gasteiger partial charge < -0.3 is 19.5 Å². The SMILES string of the molecule is CCN(CC(=O)Nc1ccc2c(c1)OCCO2)Cc1nc2ccccc2n1-c1ccc(OC)cc1. The van der Waals surface area contributed by atoms with E-state index in [1.807, 2.05) is 61.5 Å². The quantitative estimate of drug-likeness (QED) is 0.413. The zero-order valence-corrected chi connectivity index (χ0v) is 19.9. The molecular weight excluding hydrogens is 444 g/mol. The highest BCUT2D eigenvalue weighted by Gasteiger charge is 2.18. The van der Waals surface area contributed by atoms with Crippen LogP contribution in [0.2, 0.25) is 0 Å². The Hall–Kier alpha value is -4.04. The van der Waals surface area contributed by atoms with Crippen molar-refractivity contribution in [3.63, 3.8) is 0 Å². The number of anilines is 1. The Balaban J connectivity index is 1.35. The Bertz CT molecular complexity index is 1330. The minimum atomic E-state index is -0.101. The van der Waals surface area contributed by atoms with Crippen LogP contribution in [0.5, 0.6) is 17.2 Å². The van der Waals surface area contributed by atoms with Crippen LogP contribution in [0.4, 0.5) is 5.69 Å². The van der Waals surface area contributed by atoms with Crippen molar-refractivity contribution in [2.45, 2.75) is 13.5 Å². The molecule has 0 bridgehead atoms. The zero-order chi connectivity index (χ0) is 24.2. The standard InChI is InChI=1S/C27H28N4O4/c1-3-30(18-27(32)28-19-8-13-24-25(16-19)35-15-14-34-24)17-26-29-22-6-4-5-7-23(22)31(26)20-9-11-21(33-2)12-10-20/h4-13,16H,3,14-15,17-18H2,1-2H3,(H,28,32). The number of aromatic nitrogens is 2. The van der Waals surface area contributed by atoms with Gasteiger partial charge in [0.15, 0.2) is 11.5 Å². The van der Waals surface area contributed by atoms with Gasteiger partial charge in [-0.2, -0.15) is 0 Å². The van der Waals surface area contributed by atoms with Crippen LogP contribution in [-0.4, -0.2) is 53.8 Å². The lowest BCUT2D eigenvalue weighted by molar-refractivity contribution is -0.117. The molecule has 1 aliphatic rings. The number of imidazole rings is 1. The van der Waals surface area contributed by atoms with E-state index in [4.69, 9.17) is 19.2 Å². The van der Waals surface area contributed by atoms with Gasteiger partial charge in [0.05, 0.1) is 31.2 Å². The van der Waals surface area contributed by atoms with Gasteiger partial charge in [0.25, 0.3) is 0 Å². The fourth-order valence-electron chi connectivity index (χ4n) is 4.21. The first-order valence-corrected chi connectivity index (χ1v) is 11.7. The average Bonchev–Trinajstić information content (AvgIpc) is 3.26. The molecule has 180 valence electrons. The van der Waals surface area contributed by atoms with Crippen LogP contribution in [0.15, 0.2) is 66.7 Å². The molecule has 0 spiro atoms. The maximum Gasteiger partial charge on any atom is 0.238 e. The lowest BCUT2D eigenvalue weighted by atomic mass is 10.2. The topological polar surface area (TPSA) is 77.9 Å². The summed E-state index contributed by atoms with van der Waals surface area (Å²) in [5.41, 5.74) is 3.60. The van der Waals surface area contributed by atoms with Gasteiger partial charge in [0.1, 0.15) is 24.8 Å². The van der Waals surface area contributed by atoms with Crippen LogP contribution in [-0.2, 0) is 11.3 Å². The number of hydrogen-bond acceptors (Lipinski definition) is 6. The highest BCUT2D eigenvalue weighted by molar-refractivity contribution is 5.92. The Kier molecular flexibility index (Phi) is 6.54. The Morgan fingerprint density at radius 2 is 1.83 bits per heavy atom. The molecule has 4 aromatic rings. The first kappa shape index (κ1) is 22.7. The van der Waals surface area contributed by atoms with E-state index >= 15 is 0 Å². The van der Waals surface area contributed by atoms with Crippen LogP contribution < -0.4 is 19.5 Å². The number of nitrogens with zero attached hydrogens (tertiary/aromatic N) is 3. The molecule has 0 unspecified atom stereocenters. The van der Waals surface area contributed by atoms with Crippen LogP contribution in [0.3, 0.4) is 0 Å². The molecule has 0 atom stereocenters. The third-order valence-corrected chi connectivity index (χ3v) is 5.97. The molecule has 1 aliphatic heterocycles. The summed E-state index contributed by atoms with van der Waals surface area (Å²) in [6.07, 6.45) is 0. The molecule has 1 N–H and O–H groups in total. The van der Waals surface area contributed by atoms with Crippen molar-refractivity contribution >= 4 is 22.6 Å². The van der Waals surface area contributed by atoms with E-state index in [9.17, 15) is 4.79 Å². The third kappa shape index (κ3) is 4.93. The minimum absolute atomic E-state index is 0.101. The van der Waals surface area contributed by atoms with Gasteiger partial charge in [-0.05, 0) is 55.1 Å². The predicted molar refractivity (Wildman–Crippen MR) is 135 cm³/mol. The van der Waals surface area contributed by atoms with Gasteiger partial charge in [-0.3, -0.25) is 14.3 Å². The van der Waals surface area contributed by atoms with Crippen molar-refractivity contribution in [1.29, 1.82) is 0 Å². The molecule has 1 aromatic heterocycles. The van der Waals surface area contributed by atoms with Crippen LogP contribution in [0.1, 0.15) is 12.7 Å². The second kappa shape index (κ2) is 10.1. The molecule has 0 radical (unpaired) electrons. The smallest absolute Gasteiger partial charge is 0.238 e. The second-order valence-electron chi connectivity index (χ2n) is 8.26. The van der Waals surface area contributed by atoms with Crippen molar-refractivity contribution < 1.29 is 19.0 Å². The van der Waals surface area contributed by atoms with E-state index in [0.717, 1.165) is 28.3 Å². The summed E-state index contributed by atoms with van der Waals surface area (Å²) in [6.45, 7) is 4.52. The molecule has 5 rings (SSSR count). The predicted octanol–water partition coefficient (Wildman–Crippen LogP) is 4.27. The second-order valence-corrected chi connectivity index (χ2v) is 8.26. The first-order chi connectivity index (χ1) is 17.1. The van der Waals surface area contributed by atoms with Gasteiger partial charge in [-0.25, -0.2) is 4.98 Å². The number of amides is 1. The summed E-state index contributed by atoms with van der Waals surface area (Å²) < 4.78 is 18.6. The average molecular weight is 473 g/mol. The Morgan fingerprint density at radius 3 is 2.60 bits per heavy atom. The van der Waals surface area contributed by atoms with Crippen molar-refractivity contribution in [2.75, 3.05) is 38.7 Å². The van der Waals surface area contributed by atoms with Crippen LogP contribution in [0.25, 0.3) is 16.7 Å². The van der Waals surface area contributed by atoms with Gasteiger partial charge in [0.2, 0.25) is 5.91 Å². The normalized spacial score (nSPS) is 12.7. The molecule has 0 aliphatic carbocycles. The molecule has 35 heavy (non-hydrogen) atoms. The molecule has 0 fully saturated rings. The number of rotatable bonds is 8. The van der Waals surface area contributed by atoms with Crippen molar-refractivity contribution in [3.05, 3.63) is 72.6 Å². The number of methoxy groups -OCH3 is 1. The molecule has 1 amide bonds. The molecule has 2 heterocycles. The third-order valence-electron chi connectivity index (χ3n) is 5.97. The van der Waals surface area contributed by atoms with Gasteiger partial charge >= 0.3 is 0 Å². The zero-order valence-electron chi connectivity index (χ0n) is 19.9. The van der Waals surface area contributed by atoms with E-state index in [0.29, 0.717) is 43.5 Å². The molecule has 3 aromatic carbocycles. The van der Waals surface area contributed by atoms with Crippen LogP contribution in [0, 0.1) is 0 Å². The lowest BCUT2D eigenvalue weighted by Crippen LogP contribution is -2.33. The number of carbonyl (C=O) groups is 1. The number of benzene rings is 3. The molecular formula is C27H28N4O4. The van der Waals surface area contributed by atoms with E-state index in [1.165, 1.54) is 0 Å². The summed E-state index contributed by atoms with van der Waals surface area (Å²) in [4.78, 5) is 19.8. The summed E-state index contributed by atoms with van der Waals surface area (Å²) in [5.74, 6) is 2.91. The van der Waals surface area contributed by atoms with Crippen molar-refractivity contribution in [3.8, 4) is 22.9 Å². The number of fused-ring (bicyclic) bond motifs is 2. The fraction of sp³-hybridized carbons (Fsp3) is 0.259. The lowest BCUT2D eigenvalue weighted by Gasteiger charge is -2.21. The van der Waals surface area contributed by atoms with E-state index < -0.39 is 0 Å². The fourth-order valence-corrected chi connectivity index (χ4v) is 4.21. The van der Waals surface area contributed by atoms with Gasteiger partial charge in [-0.1, -0.05) is 19.1 Å². The molecule has 8 nitrogen and oxygen atoms in total. The first-order valence-electron chi connectivity index (χ1n) is 11.7. The van der Waals surface area contributed by atoms with E-state index in [-0.39, 0.29) is 12.5 Å². The number of likely N-dealkylation sites (N-methyl/N-ethyl adjacent to an activating group) is 1. The summed E-state index contributed by atoms with van der Waals surface area (Å²) >= 11 is 0. The number of ether oxygens (including phenoxy) is 3. The summed E-state index contributed by atoms with van der Waals surface area (Å²) in [7, 11) is 1.65. The maximum absolute atomic E-state index is 12.9. The highest BCUT2D eigenvalue weighted by atomic mass is 16.6. The largest absolute Gasteiger partial charge is 0.497 e. The number of carbonyl (C=O) groups excluding carboxylic acids is 1. The van der Waals surface area contributed by atoms with Gasteiger partial charge in [0, 0.05) is 17.4 Å². The van der Waals surface area contributed by atoms with Crippen molar-refractivity contribution in [1.82, 2.24) is 14.5 Å². The molecule has 0 saturated carbocycles. The van der Waals surface area contributed by atoms with E-state index in [1.54, 1.807) is 13.2 Å². The summed E-state index contributed by atoms with van der Waals surface area (Å²) in [5, 5.41) is 2.97. The van der Waals surface area contributed by atoms with Gasteiger partial charge in [-0.15, -0.1) is 0 Å². The highest BCUT2D eigenvalue weighted by Crippen LogP contribution is 2.32. The molecule has 8 heteroatoms. The summed E-state index contributed by atoms with van der Waals surface area (Å²) in [6, 6.07) is 21.4. The van der Waals surface area contributed by atoms with E-state index in [2.05, 4.69) is 20.9 Å². The Labute approximate surface area is 204 Å². The minimum Gasteiger partial charge on any atom is -0.497 e.